The minimum Gasteiger partial charge on any atom is -1.00 e. The molecule has 0 N–H and O–H groups in total. The lowest BCUT2D eigenvalue weighted by Gasteiger charge is -1.99. The van der Waals surface area contributed by atoms with Gasteiger partial charge in [0.1, 0.15) is 24.8 Å². The minimum atomic E-state index is -0.184. The van der Waals surface area contributed by atoms with Crippen LogP contribution >= 0.6 is 0 Å². The van der Waals surface area contributed by atoms with Crippen molar-refractivity contribution in [1.29, 1.82) is 0 Å². The molecule has 0 radical (unpaired) electrons. The van der Waals surface area contributed by atoms with Gasteiger partial charge >= 0.3 is 0 Å². The van der Waals surface area contributed by atoms with Crippen molar-refractivity contribution in [3.05, 3.63) is 54.4 Å². The Hall–Kier alpha value is -1.16. The van der Waals surface area contributed by atoms with Gasteiger partial charge in [0.15, 0.2) is 0 Å². The third-order valence-corrected chi connectivity index (χ3v) is 2.60. The molecule has 2 rings (SSSR count). The molecule has 0 fully saturated rings. The smallest absolute Gasteiger partial charge is 0.244 e. The Morgan fingerprint density at radius 1 is 1.22 bits per heavy atom. The summed E-state index contributed by atoms with van der Waals surface area (Å²) < 4.78 is 17.0. The number of halogens is 2. The van der Waals surface area contributed by atoms with E-state index >= 15 is 0 Å². The summed E-state index contributed by atoms with van der Waals surface area (Å²) in [6.07, 6.45) is 6.21. The van der Waals surface area contributed by atoms with E-state index in [1.54, 1.807) is 0 Å². The molecule has 0 bridgehead atoms. The number of rotatable bonds is 4. The lowest BCUT2D eigenvalue weighted by molar-refractivity contribution is -0.687. The van der Waals surface area contributed by atoms with E-state index in [0.29, 0.717) is 5.92 Å². The Balaban J connectivity index is 0.00000162. The van der Waals surface area contributed by atoms with Gasteiger partial charge < -0.3 is 17.0 Å². The Bertz CT molecular complexity index is 477. The average molecular weight is 313 g/mol. The summed E-state index contributed by atoms with van der Waals surface area (Å²) in [6, 6.07) is 6.65. The van der Waals surface area contributed by atoms with Crippen LogP contribution in [-0.2, 0) is 13.1 Å². The molecule has 0 spiro atoms. The maximum Gasteiger partial charge on any atom is 0.244 e. The number of aromatic nitrogens is 2. The Morgan fingerprint density at radius 3 is 2.50 bits per heavy atom. The molecule has 0 unspecified atom stereocenters. The third kappa shape index (κ3) is 4.26. The Kier molecular flexibility index (Phi) is 5.54. The highest BCUT2D eigenvalue weighted by Crippen LogP contribution is 2.02. The minimum absolute atomic E-state index is 0. The summed E-state index contributed by atoms with van der Waals surface area (Å²) in [5, 5.41) is 0. The van der Waals surface area contributed by atoms with E-state index in [1.807, 2.05) is 18.3 Å². The van der Waals surface area contributed by atoms with Crippen LogP contribution in [0.15, 0.2) is 43.0 Å². The number of benzene rings is 1. The molecule has 1 aromatic carbocycles. The first kappa shape index (κ1) is 14.9. The van der Waals surface area contributed by atoms with Crippen LogP contribution in [0.4, 0.5) is 4.39 Å². The summed E-state index contributed by atoms with van der Waals surface area (Å²) in [4.78, 5) is 0. The highest BCUT2D eigenvalue weighted by molar-refractivity contribution is 5.14. The maximum absolute atomic E-state index is 12.8. The highest BCUT2D eigenvalue weighted by Gasteiger charge is 2.06. The summed E-state index contributed by atoms with van der Waals surface area (Å²) in [6.45, 7) is 6.20. The van der Waals surface area contributed by atoms with Crippen molar-refractivity contribution in [2.45, 2.75) is 26.9 Å². The van der Waals surface area contributed by atoms with Gasteiger partial charge in [0, 0.05) is 0 Å². The normalized spacial score (nSPS) is 10.4. The molecule has 98 valence electrons. The summed E-state index contributed by atoms with van der Waals surface area (Å²) in [7, 11) is 0. The van der Waals surface area contributed by atoms with Gasteiger partial charge in [-0.3, -0.25) is 0 Å². The Morgan fingerprint density at radius 2 is 1.89 bits per heavy atom. The van der Waals surface area contributed by atoms with E-state index in [9.17, 15) is 4.39 Å². The number of nitrogens with zero attached hydrogens (tertiary/aromatic N) is 2. The fourth-order valence-electron chi connectivity index (χ4n) is 1.86. The van der Waals surface area contributed by atoms with Gasteiger partial charge in [-0.05, 0) is 23.6 Å². The SMILES string of the molecule is CC(C)Cn1cc[n+](Cc2ccc(F)cc2)c1.[Br-]. The van der Waals surface area contributed by atoms with Crippen molar-refractivity contribution in [3.8, 4) is 0 Å². The highest BCUT2D eigenvalue weighted by atomic mass is 79.9. The zero-order valence-corrected chi connectivity index (χ0v) is 12.3. The van der Waals surface area contributed by atoms with Crippen LogP contribution in [0.25, 0.3) is 0 Å². The van der Waals surface area contributed by atoms with Crippen molar-refractivity contribution in [2.75, 3.05) is 0 Å². The molecule has 0 aliphatic carbocycles. The second-order valence-corrected chi connectivity index (χ2v) is 4.80. The molecule has 0 saturated heterocycles. The largest absolute Gasteiger partial charge is 1.00 e. The Labute approximate surface area is 118 Å². The predicted molar refractivity (Wildman–Crippen MR) is 65.0 cm³/mol. The molecule has 2 aromatic rings. The fourth-order valence-corrected chi connectivity index (χ4v) is 1.86. The molecular formula is C14H18BrFN2. The van der Waals surface area contributed by atoms with Gasteiger partial charge in [-0.15, -0.1) is 0 Å². The number of hydrogen-bond acceptors (Lipinski definition) is 0. The molecule has 4 heteroatoms. The van der Waals surface area contributed by atoms with Gasteiger partial charge in [-0.25, -0.2) is 13.5 Å². The van der Waals surface area contributed by atoms with Crippen LogP contribution in [0.2, 0.25) is 0 Å². The first-order valence-electron chi connectivity index (χ1n) is 5.93. The third-order valence-electron chi connectivity index (χ3n) is 2.60. The van der Waals surface area contributed by atoms with E-state index < -0.39 is 0 Å². The predicted octanol–water partition coefficient (Wildman–Crippen LogP) is -0.377. The molecule has 0 amide bonds. The topological polar surface area (TPSA) is 8.81 Å². The zero-order chi connectivity index (χ0) is 12.3. The van der Waals surface area contributed by atoms with E-state index in [-0.39, 0.29) is 22.8 Å². The number of hydrogen-bond donors (Lipinski definition) is 0. The van der Waals surface area contributed by atoms with E-state index in [1.165, 1.54) is 12.1 Å². The first-order valence-corrected chi connectivity index (χ1v) is 5.93. The molecular weight excluding hydrogens is 295 g/mol. The van der Waals surface area contributed by atoms with E-state index in [2.05, 4.69) is 35.5 Å². The second-order valence-electron chi connectivity index (χ2n) is 4.80. The molecule has 18 heavy (non-hydrogen) atoms. The van der Waals surface area contributed by atoms with Gasteiger partial charge in [-0.2, -0.15) is 0 Å². The van der Waals surface area contributed by atoms with Crippen molar-refractivity contribution in [2.24, 2.45) is 5.92 Å². The molecule has 0 aliphatic rings. The zero-order valence-electron chi connectivity index (χ0n) is 10.7. The second kappa shape index (κ2) is 6.69. The summed E-state index contributed by atoms with van der Waals surface area (Å²) >= 11 is 0. The molecule has 1 aromatic heterocycles. The maximum atomic E-state index is 12.8. The van der Waals surface area contributed by atoms with Gasteiger partial charge in [-0.1, -0.05) is 26.0 Å². The lowest BCUT2D eigenvalue weighted by Crippen LogP contribution is -3.00. The van der Waals surface area contributed by atoms with E-state index in [0.717, 1.165) is 18.7 Å². The quantitative estimate of drug-likeness (QED) is 0.681. The average Bonchev–Trinajstić information content (AvgIpc) is 2.68. The van der Waals surface area contributed by atoms with Crippen molar-refractivity contribution >= 4 is 0 Å². The van der Waals surface area contributed by atoms with Gasteiger partial charge in [0.25, 0.3) is 0 Å². The van der Waals surface area contributed by atoms with Crippen LogP contribution in [-0.4, -0.2) is 4.57 Å². The van der Waals surface area contributed by atoms with Gasteiger partial charge in [0.2, 0.25) is 6.33 Å². The van der Waals surface area contributed by atoms with Crippen LogP contribution < -0.4 is 21.5 Å². The van der Waals surface area contributed by atoms with Crippen molar-refractivity contribution in [3.63, 3.8) is 0 Å². The molecule has 0 aliphatic heterocycles. The van der Waals surface area contributed by atoms with Gasteiger partial charge in [0.05, 0.1) is 6.54 Å². The molecule has 0 atom stereocenters. The van der Waals surface area contributed by atoms with Crippen LogP contribution in [0, 0.1) is 11.7 Å². The van der Waals surface area contributed by atoms with Crippen LogP contribution in [0.3, 0.4) is 0 Å². The molecule has 0 saturated carbocycles. The summed E-state index contributed by atoms with van der Waals surface area (Å²) in [5.74, 6) is 0.456. The lowest BCUT2D eigenvalue weighted by atomic mass is 10.2. The van der Waals surface area contributed by atoms with Crippen LogP contribution in [0.5, 0.6) is 0 Å². The van der Waals surface area contributed by atoms with Crippen molar-refractivity contribution < 1.29 is 25.9 Å². The standard InChI is InChI=1S/C14H18FN2.BrH/c1-12(2)9-16-7-8-17(11-16)10-13-3-5-14(15)6-4-13;/h3-8,11-12H,9-10H2,1-2H3;1H/q+1;/p-1. The van der Waals surface area contributed by atoms with E-state index in [4.69, 9.17) is 0 Å². The number of imidazole rings is 1. The molecule has 1 heterocycles. The van der Waals surface area contributed by atoms with Crippen molar-refractivity contribution in [1.82, 2.24) is 4.57 Å². The first-order chi connectivity index (χ1) is 8.13. The monoisotopic (exact) mass is 312 g/mol. The fraction of sp³-hybridized carbons (Fsp3) is 0.357. The summed E-state index contributed by atoms with van der Waals surface area (Å²) in [5.41, 5.74) is 1.11. The molecule has 2 nitrogen and oxygen atoms in total. The van der Waals surface area contributed by atoms with Crippen LogP contribution in [0.1, 0.15) is 19.4 Å².